The average Bonchev–Trinajstić information content (AvgIpc) is 2.97. The van der Waals surface area contributed by atoms with Crippen LogP contribution in [0.4, 0.5) is 10.1 Å². The van der Waals surface area contributed by atoms with Crippen LogP contribution >= 0.6 is 0 Å². The maximum atomic E-state index is 14.0. The van der Waals surface area contributed by atoms with Crippen molar-refractivity contribution in [3.63, 3.8) is 0 Å². The Balaban J connectivity index is 1.87. The highest BCUT2D eigenvalue weighted by atomic mass is 19.1. The second-order valence-corrected chi connectivity index (χ2v) is 5.11. The van der Waals surface area contributed by atoms with E-state index in [1.807, 2.05) is 4.68 Å². The highest BCUT2D eigenvalue weighted by Gasteiger charge is 2.18. The van der Waals surface area contributed by atoms with Gasteiger partial charge in [0.15, 0.2) is 0 Å². The Morgan fingerprint density at radius 3 is 2.81 bits per heavy atom. The van der Waals surface area contributed by atoms with Gasteiger partial charge in [0, 0.05) is 23.4 Å². The SMILES string of the molecule is O=[N+]([O-])c1ccc(-c2cnn(C3CCNCC3)c2)c(F)c1. The van der Waals surface area contributed by atoms with Crippen LogP contribution < -0.4 is 5.32 Å². The minimum absolute atomic E-state index is 0.248. The summed E-state index contributed by atoms with van der Waals surface area (Å²) in [6.45, 7) is 1.90. The zero-order chi connectivity index (χ0) is 14.8. The first kappa shape index (κ1) is 13.7. The zero-order valence-corrected chi connectivity index (χ0v) is 11.3. The Bertz CT molecular complexity index is 665. The van der Waals surface area contributed by atoms with E-state index in [0.29, 0.717) is 17.2 Å². The van der Waals surface area contributed by atoms with Gasteiger partial charge in [0.25, 0.3) is 5.69 Å². The summed E-state index contributed by atoms with van der Waals surface area (Å²) in [4.78, 5) is 10.0. The Kier molecular flexibility index (Phi) is 3.66. The third-order valence-electron chi connectivity index (χ3n) is 3.76. The predicted octanol–water partition coefficient (Wildman–Crippen LogP) is 2.52. The van der Waals surface area contributed by atoms with E-state index in [2.05, 4.69) is 10.4 Å². The second-order valence-electron chi connectivity index (χ2n) is 5.11. The van der Waals surface area contributed by atoms with Crippen molar-refractivity contribution in [1.29, 1.82) is 0 Å². The van der Waals surface area contributed by atoms with E-state index in [1.165, 1.54) is 12.1 Å². The number of nitro benzene ring substituents is 1. The van der Waals surface area contributed by atoms with Crippen LogP contribution in [0.15, 0.2) is 30.6 Å². The average molecular weight is 290 g/mol. The molecule has 110 valence electrons. The van der Waals surface area contributed by atoms with Crippen molar-refractivity contribution in [3.8, 4) is 11.1 Å². The summed E-state index contributed by atoms with van der Waals surface area (Å²) in [6, 6.07) is 4.00. The molecule has 6 nitrogen and oxygen atoms in total. The molecular formula is C14H15FN4O2. The molecule has 0 unspecified atom stereocenters. The van der Waals surface area contributed by atoms with Crippen molar-refractivity contribution < 1.29 is 9.31 Å². The summed E-state index contributed by atoms with van der Waals surface area (Å²) in [6.07, 6.45) is 5.39. The molecule has 0 radical (unpaired) electrons. The van der Waals surface area contributed by atoms with E-state index in [9.17, 15) is 14.5 Å². The van der Waals surface area contributed by atoms with Gasteiger partial charge in [-0.15, -0.1) is 0 Å². The molecule has 0 bridgehead atoms. The van der Waals surface area contributed by atoms with Crippen LogP contribution in [-0.4, -0.2) is 27.8 Å². The summed E-state index contributed by atoms with van der Waals surface area (Å²) in [5.41, 5.74) is 0.726. The van der Waals surface area contributed by atoms with Crippen LogP contribution in [0.1, 0.15) is 18.9 Å². The van der Waals surface area contributed by atoms with Crippen LogP contribution in [0.2, 0.25) is 0 Å². The van der Waals surface area contributed by atoms with Gasteiger partial charge in [-0.2, -0.15) is 5.10 Å². The molecule has 1 aromatic heterocycles. The fourth-order valence-electron chi connectivity index (χ4n) is 2.60. The number of nitrogens with zero attached hydrogens (tertiary/aromatic N) is 3. The number of nitrogens with one attached hydrogen (secondary N) is 1. The first-order valence-electron chi connectivity index (χ1n) is 6.84. The maximum absolute atomic E-state index is 14.0. The summed E-state index contributed by atoms with van der Waals surface area (Å²) in [5, 5.41) is 18.2. The molecule has 1 aliphatic rings. The molecule has 0 atom stereocenters. The van der Waals surface area contributed by atoms with E-state index in [1.54, 1.807) is 12.4 Å². The van der Waals surface area contributed by atoms with E-state index >= 15 is 0 Å². The number of hydrogen-bond acceptors (Lipinski definition) is 4. The lowest BCUT2D eigenvalue weighted by Gasteiger charge is -2.22. The summed E-state index contributed by atoms with van der Waals surface area (Å²) >= 11 is 0. The summed E-state index contributed by atoms with van der Waals surface area (Å²) < 4.78 is 15.9. The fourth-order valence-corrected chi connectivity index (χ4v) is 2.60. The van der Waals surface area contributed by atoms with Gasteiger partial charge in [0.05, 0.1) is 23.2 Å². The van der Waals surface area contributed by atoms with Crippen molar-refractivity contribution in [2.45, 2.75) is 18.9 Å². The molecule has 0 spiro atoms. The molecule has 1 aromatic carbocycles. The lowest BCUT2D eigenvalue weighted by Crippen LogP contribution is -2.29. The molecule has 2 heterocycles. The van der Waals surface area contributed by atoms with Gasteiger partial charge in [-0.3, -0.25) is 14.8 Å². The zero-order valence-electron chi connectivity index (χ0n) is 11.3. The van der Waals surface area contributed by atoms with Crippen LogP contribution in [0.25, 0.3) is 11.1 Å². The summed E-state index contributed by atoms with van der Waals surface area (Å²) in [5.74, 6) is -0.603. The van der Waals surface area contributed by atoms with Gasteiger partial charge in [-0.1, -0.05) is 0 Å². The first-order chi connectivity index (χ1) is 10.1. The maximum Gasteiger partial charge on any atom is 0.272 e. The molecule has 1 aliphatic heterocycles. The van der Waals surface area contributed by atoms with Crippen molar-refractivity contribution >= 4 is 5.69 Å². The van der Waals surface area contributed by atoms with Crippen LogP contribution in [0.5, 0.6) is 0 Å². The Labute approximate surface area is 120 Å². The topological polar surface area (TPSA) is 73.0 Å². The number of halogens is 1. The number of hydrogen-bond donors (Lipinski definition) is 1. The van der Waals surface area contributed by atoms with Gasteiger partial charge in [0.1, 0.15) is 5.82 Å². The fraction of sp³-hybridized carbons (Fsp3) is 0.357. The molecule has 1 N–H and O–H groups in total. The highest BCUT2D eigenvalue weighted by molar-refractivity contribution is 5.64. The van der Waals surface area contributed by atoms with Crippen molar-refractivity contribution in [2.24, 2.45) is 0 Å². The molecule has 3 rings (SSSR count). The van der Waals surface area contributed by atoms with Crippen LogP contribution in [-0.2, 0) is 0 Å². The Morgan fingerprint density at radius 1 is 1.38 bits per heavy atom. The quantitative estimate of drug-likeness (QED) is 0.696. The molecule has 1 fully saturated rings. The summed E-state index contributed by atoms with van der Waals surface area (Å²) in [7, 11) is 0. The van der Waals surface area contributed by atoms with Crippen molar-refractivity contribution in [2.75, 3.05) is 13.1 Å². The monoisotopic (exact) mass is 290 g/mol. The minimum Gasteiger partial charge on any atom is -0.317 e. The van der Waals surface area contributed by atoms with Gasteiger partial charge in [-0.05, 0) is 32.0 Å². The largest absolute Gasteiger partial charge is 0.317 e. The molecule has 0 saturated carbocycles. The predicted molar refractivity (Wildman–Crippen MR) is 75.4 cm³/mol. The lowest BCUT2D eigenvalue weighted by molar-refractivity contribution is -0.385. The number of benzene rings is 1. The van der Waals surface area contributed by atoms with Gasteiger partial charge >= 0.3 is 0 Å². The Hall–Kier alpha value is -2.28. The van der Waals surface area contributed by atoms with Gasteiger partial charge < -0.3 is 5.32 Å². The van der Waals surface area contributed by atoms with Gasteiger partial charge in [0.2, 0.25) is 0 Å². The molecule has 1 saturated heterocycles. The second kappa shape index (κ2) is 5.61. The van der Waals surface area contributed by atoms with Crippen LogP contribution in [0, 0.1) is 15.9 Å². The third kappa shape index (κ3) is 2.78. The molecule has 21 heavy (non-hydrogen) atoms. The van der Waals surface area contributed by atoms with E-state index < -0.39 is 10.7 Å². The molecular weight excluding hydrogens is 275 g/mol. The number of rotatable bonds is 3. The van der Waals surface area contributed by atoms with Crippen molar-refractivity contribution in [1.82, 2.24) is 15.1 Å². The lowest BCUT2D eigenvalue weighted by atomic mass is 10.1. The highest BCUT2D eigenvalue weighted by Crippen LogP contribution is 2.27. The third-order valence-corrected chi connectivity index (χ3v) is 3.76. The minimum atomic E-state index is -0.606. The Morgan fingerprint density at radius 2 is 2.14 bits per heavy atom. The molecule has 0 amide bonds. The van der Waals surface area contributed by atoms with E-state index in [4.69, 9.17) is 0 Å². The van der Waals surface area contributed by atoms with Crippen molar-refractivity contribution in [3.05, 3.63) is 46.5 Å². The first-order valence-corrected chi connectivity index (χ1v) is 6.84. The van der Waals surface area contributed by atoms with E-state index in [-0.39, 0.29) is 5.69 Å². The smallest absolute Gasteiger partial charge is 0.272 e. The number of piperidine rings is 1. The number of nitro groups is 1. The number of aromatic nitrogens is 2. The normalized spacial score (nSPS) is 16.0. The standard InChI is InChI=1S/C14H15FN4O2/c15-14-7-12(19(20)21)1-2-13(14)10-8-17-18(9-10)11-3-5-16-6-4-11/h1-2,7-9,11,16H,3-6H2. The molecule has 2 aromatic rings. The van der Waals surface area contributed by atoms with E-state index in [0.717, 1.165) is 32.0 Å². The van der Waals surface area contributed by atoms with Gasteiger partial charge in [-0.25, -0.2) is 4.39 Å². The van der Waals surface area contributed by atoms with Crippen LogP contribution in [0.3, 0.4) is 0 Å². The number of non-ortho nitro benzene ring substituents is 1. The molecule has 7 heteroatoms. The molecule has 0 aliphatic carbocycles.